The van der Waals surface area contributed by atoms with Crippen molar-refractivity contribution in [3.05, 3.63) is 27.7 Å². The largest absolute Gasteiger partial charge is 0.508 e. The van der Waals surface area contributed by atoms with E-state index >= 15 is 0 Å². The van der Waals surface area contributed by atoms with Crippen molar-refractivity contribution in [1.82, 2.24) is 5.32 Å². The maximum absolute atomic E-state index is 11.3. The number of carbonyl (C=O) groups excluding carboxylic acids is 1. The minimum absolute atomic E-state index is 0.0529. The van der Waals surface area contributed by atoms with Crippen LogP contribution >= 0.6 is 23.2 Å². The molecule has 1 aromatic carbocycles. The molecule has 3 atom stereocenters. The number of nitrogens with one attached hydrogen (secondary N) is 1. The van der Waals surface area contributed by atoms with E-state index in [0.717, 1.165) is 0 Å². The van der Waals surface area contributed by atoms with Gasteiger partial charge in [-0.3, -0.25) is 4.79 Å². The Hall–Kier alpha value is -1.01. The Morgan fingerprint density at radius 3 is 2.80 bits per heavy atom. The predicted octanol–water partition coefficient (Wildman–Crippen LogP) is 1.44. The fourth-order valence-electron chi connectivity index (χ4n) is 2.65. The number of phenols is 1. The van der Waals surface area contributed by atoms with Gasteiger partial charge in [-0.05, 0) is 31.0 Å². The maximum Gasteiger partial charge on any atom is 0.223 e. The number of carbonyl (C=O) groups is 1. The van der Waals surface area contributed by atoms with Crippen LogP contribution in [0.3, 0.4) is 0 Å². The Labute approximate surface area is 126 Å². The number of rotatable bonds is 4. The van der Waals surface area contributed by atoms with Gasteiger partial charge in [0.05, 0.1) is 22.6 Å². The molecule has 1 amide bonds. The number of halogens is 2. The molecule has 5 N–H and O–H groups in total. The number of primary amides is 1. The maximum atomic E-state index is 11.3. The van der Waals surface area contributed by atoms with Crippen LogP contribution in [0, 0.1) is 11.8 Å². The van der Waals surface area contributed by atoms with Gasteiger partial charge in [0, 0.05) is 11.6 Å². The van der Waals surface area contributed by atoms with E-state index in [1.54, 1.807) is 0 Å². The molecule has 1 fully saturated rings. The van der Waals surface area contributed by atoms with Gasteiger partial charge in [0.25, 0.3) is 0 Å². The van der Waals surface area contributed by atoms with E-state index in [4.69, 9.17) is 28.9 Å². The molecule has 0 aliphatic carbocycles. The number of aliphatic hydroxyl groups excluding tert-OH is 1. The molecule has 1 heterocycles. The average molecular weight is 319 g/mol. The van der Waals surface area contributed by atoms with Crippen LogP contribution in [0.2, 0.25) is 10.0 Å². The highest BCUT2D eigenvalue weighted by Gasteiger charge is 2.35. The third kappa shape index (κ3) is 2.86. The van der Waals surface area contributed by atoms with Crippen LogP contribution in [-0.2, 0) is 4.79 Å². The molecule has 1 saturated heterocycles. The highest BCUT2D eigenvalue weighted by molar-refractivity contribution is 6.42. The highest BCUT2D eigenvalue weighted by Crippen LogP contribution is 2.41. The topological polar surface area (TPSA) is 95.6 Å². The summed E-state index contributed by atoms with van der Waals surface area (Å²) in [5, 5.41) is 23.0. The standard InChI is InChI=1S/C13H16Cl2N2O3/c14-8-1-2-10(19)11(12(8)15)9-3-6(4-17-9)7(5-18)13(16)20/h1-2,6-7,9,17-19H,3-5H2,(H2,16,20)/t6-,7?,9-/m1/s1. The summed E-state index contributed by atoms with van der Waals surface area (Å²) in [5.74, 6) is -1.18. The zero-order valence-electron chi connectivity index (χ0n) is 10.6. The van der Waals surface area contributed by atoms with Crippen LogP contribution < -0.4 is 11.1 Å². The molecule has 0 aromatic heterocycles. The molecule has 1 aliphatic heterocycles. The lowest BCUT2D eigenvalue weighted by atomic mass is 9.88. The average Bonchev–Trinajstić information content (AvgIpc) is 2.84. The van der Waals surface area contributed by atoms with E-state index in [1.807, 2.05) is 0 Å². The third-order valence-corrected chi connectivity index (χ3v) is 4.57. The molecular weight excluding hydrogens is 303 g/mol. The van der Waals surface area contributed by atoms with Crippen molar-refractivity contribution in [2.45, 2.75) is 12.5 Å². The molecule has 7 heteroatoms. The Morgan fingerprint density at radius 2 is 2.20 bits per heavy atom. The number of benzene rings is 1. The van der Waals surface area contributed by atoms with E-state index in [9.17, 15) is 15.0 Å². The van der Waals surface area contributed by atoms with Gasteiger partial charge >= 0.3 is 0 Å². The van der Waals surface area contributed by atoms with Crippen molar-refractivity contribution in [2.24, 2.45) is 17.6 Å². The summed E-state index contributed by atoms with van der Waals surface area (Å²) in [6, 6.07) is 2.78. The van der Waals surface area contributed by atoms with Crippen LogP contribution in [-0.4, -0.2) is 29.3 Å². The van der Waals surface area contributed by atoms with Crippen LogP contribution in [0.25, 0.3) is 0 Å². The number of amides is 1. The van der Waals surface area contributed by atoms with Gasteiger partial charge in [0.2, 0.25) is 5.91 Å². The van der Waals surface area contributed by atoms with Crippen LogP contribution in [0.1, 0.15) is 18.0 Å². The quantitative estimate of drug-likeness (QED) is 0.675. The SMILES string of the molecule is NC(=O)C(CO)[C@H]1CN[C@@H](c2c(O)ccc(Cl)c2Cl)C1. The number of aliphatic hydroxyl groups is 1. The predicted molar refractivity (Wildman–Crippen MR) is 76.7 cm³/mol. The van der Waals surface area contributed by atoms with E-state index in [0.29, 0.717) is 28.6 Å². The second-order valence-corrected chi connectivity index (χ2v) is 5.73. The van der Waals surface area contributed by atoms with E-state index < -0.39 is 11.8 Å². The molecule has 2 rings (SSSR count). The van der Waals surface area contributed by atoms with Gasteiger partial charge in [-0.1, -0.05) is 23.2 Å². The molecule has 20 heavy (non-hydrogen) atoms. The zero-order valence-corrected chi connectivity index (χ0v) is 12.2. The number of hydrogen-bond donors (Lipinski definition) is 4. The molecule has 1 aromatic rings. The lowest BCUT2D eigenvalue weighted by Gasteiger charge is -2.18. The first-order valence-electron chi connectivity index (χ1n) is 6.26. The lowest BCUT2D eigenvalue weighted by Crippen LogP contribution is -2.33. The Morgan fingerprint density at radius 1 is 1.50 bits per heavy atom. The fraction of sp³-hybridized carbons (Fsp3) is 0.462. The molecule has 0 radical (unpaired) electrons. The van der Waals surface area contributed by atoms with Crippen LogP contribution in [0.5, 0.6) is 5.75 Å². The van der Waals surface area contributed by atoms with Crippen LogP contribution in [0.4, 0.5) is 0 Å². The summed E-state index contributed by atoms with van der Waals surface area (Å²) in [4.78, 5) is 11.3. The summed E-state index contributed by atoms with van der Waals surface area (Å²) < 4.78 is 0. The molecule has 1 aliphatic rings. The fourth-order valence-corrected chi connectivity index (χ4v) is 3.10. The molecule has 1 unspecified atom stereocenters. The number of phenolic OH excluding ortho intramolecular Hbond substituents is 1. The monoisotopic (exact) mass is 318 g/mol. The first kappa shape index (κ1) is 15.4. The van der Waals surface area contributed by atoms with Crippen molar-refractivity contribution < 1.29 is 15.0 Å². The van der Waals surface area contributed by atoms with Crippen LogP contribution in [0.15, 0.2) is 12.1 Å². The lowest BCUT2D eigenvalue weighted by molar-refractivity contribution is -0.124. The van der Waals surface area contributed by atoms with Crippen molar-refractivity contribution >= 4 is 29.1 Å². The van der Waals surface area contributed by atoms with E-state index in [-0.39, 0.29) is 24.3 Å². The van der Waals surface area contributed by atoms with Crippen molar-refractivity contribution in [2.75, 3.05) is 13.2 Å². The molecule has 0 bridgehead atoms. The van der Waals surface area contributed by atoms with Gasteiger partial charge in [-0.2, -0.15) is 0 Å². The Bertz CT molecular complexity index is 525. The van der Waals surface area contributed by atoms with Crippen molar-refractivity contribution in [1.29, 1.82) is 0 Å². The highest BCUT2D eigenvalue weighted by atomic mass is 35.5. The second kappa shape index (κ2) is 6.18. The van der Waals surface area contributed by atoms with Crippen molar-refractivity contribution in [3.8, 4) is 5.75 Å². The first-order chi connectivity index (χ1) is 9.45. The minimum atomic E-state index is -0.604. The molecule has 0 saturated carbocycles. The molecule has 5 nitrogen and oxygen atoms in total. The van der Waals surface area contributed by atoms with Gasteiger partial charge in [0.15, 0.2) is 0 Å². The van der Waals surface area contributed by atoms with Gasteiger partial charge in [-0.25, -0.2) is 0 Å². The molecule has 110 valence electrons. The Balaban J connectivity index is 2.22. The number of nitrogens with two attached hydrogens (primary N) is 1. The van der Waals surface area contributed by atoms with Gasteiger partial charge < -0.3 is 21.3 Å². The second-order valence-electron chi connectivity index (χ2n) is 4.94. The first-order valence-corrected chi connectivity index (χ1v) is 7.01. The van der Waals surface area contributed by atoms with E-state index in [1.165, 1.54) is 12.1 Å². The molecule has 0 spiro atoms. The zero-order chi connectivity index (χ0) is 14.9. The normalized spacial score (nSPS) is 23.8. The van der Waals surface area contributed by atoms with Crippen molar-refractivity contribution in [3.63, 3.8) is 0 Å². The minimum Gasteiger partial charge on any atom is -0.508 e. The third-order valence-electron chi connectivity index (χ3n) is 3.75. The number of aromatic hydroxyl groups is 1. The van der Waals surface area contributed by atoms with Gasteiger partial charge in [-0.15, -0.1) is 0 Å². The number of hydrogen-bond acceptors (Lipinski definition) is 4. The summed E-state index contributed by atoms with van der Waals surface area (Å²) in [7, 11) is 0. The summed E-state index contributed by atoms with van der Waals surface area (Å²) in [6.07, 6.45) is 0.543. The summed E-state index contributed by atoms with van der Waals surface area (Å²) in [6.45, 7) is 0.227. The summed E-state index contributed by atoms with van der Waals surface area (Å²) in [5.41, 5.74) is 5.79. The van der Waals surface area contributed by atoms with Gasteiger partial charge in [0.1, 0.15) is 5.75 Å². The Kier molecular flexibility index (Phi) is 4.75. The summed E-state index contributed by atoms with van der Waals surface area (Å²) >= 11 is 12.1. The smallest absolute Gasteiger partial charge is 0.223 e. The molecular formula is C13H16Cl2N2O3. The van der Waals surface area contributed by atoms with E-state index in [2.05, 4.69) is 5.32 Å².